The summed E-state index contributed by atoms with van der Waals surface area (Å²) in [6.07, 6.45) is 1.17. The first-order valence-electron chi connectivity index (χ1n) is 7.77. The number of nitrogens with zero attached hydrogens (tertiary/aromatic N) is 3. The maximum absolute atomic E-state index is 13.5. The van der Waals surface area contributed by atoms with Crippen LogP contribution >= 0.6 is 11.3 Å². The lowest BCUT2D eigenvalue weighted by atomic mass is 9.95. The lowest BCUT2D eigenvalue weighted by Crippen LogP contribution is -2.48. The fourth-order valence-electron chi connectivity index (χ4n) is 2.93. The number of hydrogen-bond acceptors (Lipinski definition) is 4. The lowest BCUT2D eigenvalue weighted by Gasteiger charge is -2.36. The van der Waals surface area contributed by atoms with E-state index in [9.17, 15) is 18.4 Å². The highest BCUT2D eigenvalue weighted by Gasteiger charge is 2.42. The Morgan fingerprint density at radius 2 is 2.26 bits per heavy atom. The molecule has 0 aliphatic carbocycles. The van der Waals surface area contributed by atoms with Crippen LogP contribution in [0, 0.1) is 5.92 Å². The highest BCUT2D eigenvalue weighted by Crippen LogP contribution is 2.33. The van der Waals surface area contributed by atoms with E-state index in [4.69, 9.17) is 0 Å². The quantitative estimate of drug-likeness (QED) is 0.846. The first kappa shape index (κ1) is 16.3. The van der Waals surface area contributed by atoms with Crippen LogP contribution < -0.4 is 4.90 Å². The summed E-state index contributed by atoms with van der Waals surface area (Å²) in [5.74, 6) is -3.64. The zero-order valence-corrected chi connectivity index (χ0v) is 13.7. The number of aromatic nitrogens is 1. The monoisotopic (exact) mass is 343 g/mol. The Kier molecular flexibility index (Phi) is 4.35. The van der Waals surface area contributed by atoms with Gasteiger partial charge in [0.15, 0.2) is 5.13 Å². The van der Waals surface area contributed by atoms with Crippen LogP contribution in [0.15, 0.2) is 5.38 Å². The zero-order valence-electron chi connectivity index (χ0n) is 12.9. The molecule has 1 atom stereocenters. The first-order chi connectivity index (χ1) is 10.9. The molecule has 3 rings (SSSR count). The number of amides is 2. The molecular formula is C15H19F2N3O2S. The van der Waals surface area contributed by atoms with Gasteiger partial charge in [-0.05, 0) is 6.42 Å². The SMILES string of the molecule is CC1CN(C(=O)Cc2csc(N3CCCC3=O)n2)CCC1(F)F. The van der Waals surface area contributed by atoms with E-state index in [-0.39, 0.29) is 37.7 Å². The van der Waals surface area contributed by atoms with Gasteiger partial charge in [-0.3, -0.25) is 14.5 Å². The number of carbonyl (C=O) groups excluding carboxylic acids is 2. The van der Waals surface area contributed by atoms with Crippen LogP contribution in [-0.2, 0) is 16.0 Å². The Balaban J connectivity index is 1.60. The van der Waals surface area contributed by atoms with Crippen molar-refractivity contribution in [2.45, 2.75) is 38.5 Å². The average molecular weight is 343 g/mol. The Bertz CT molecular complexity index is 620. The molecule has 2 amide bonds. The summed E-state index contributed by atoms with van der Waals surface area (Å²) in [5, 5.41) is 2.38. The molecule has 0 saturated carbocycles. The summed E-state index contributed by atoms with van der Waals surface area (Å²) in [6.45, 7) is 2.29. The number of rotatable bonds is 3. The molecule has 0 N–H and O–H groups in total. The summed E-state index contributed by atoms with van der Waals surface area (Å²) in [5.41, 5.74) is 0.597. The number of alkyl halides is 2. The Hall–Kier alpha value is -1.57. The molecule has 0 aromatic carbocycles. The van der Waals surface area contributed by atoms with Crippen molar-refractivity contribution in [3.63, 3.8) is 0 Å². The molecule has 1 unspecified atom stereocenters. The van der Waals surface area contributed by atoms with Crippen LogP contribution in [0.1, 0.15) is 31.9 Å². The summed E-state index contributed by atoms with van der Waals surface area (Å²) in [7, 11) is 0. The molecule has 2 aliphatic heterocycles. The Morgan fingerprint density at radius 3 is 2.91 bits per heavy atom. The normalized spacial score (nSPS) is 24.3. The number of hydrogen-bond donors (Lipinski definition) is 0. The van der Waals surface area contributed by atoms with Gasteiger partial charge < -0.3 is 4.90 Å². The van der Waals surface area contributed by atoms with Crippen LogP contribution in [0.5, 0.6) is 0 Å². The van der Waals surface area contributed by atoms with Gasteiger partial charge in [0.2, 0.25) is 11.8 Å². The van der Waals surface area contributed by atoms with Crippen molar-refractivity contribution >= 4 is 28.3 Å². The van der Waals surface area contributed by atoms with Crippen LogP contribution in [0.25, 0.3) is 0 Å². The molecule has 5 nitrogen and oxygen atoms in total. The van der Waals surface area contributed by atoms with Crippen LogP contribution in [0.2, 0.25) is 0 Å². The van der Waals surface area contributed by atoms with Gasteiger partial charge in [-0.1, -0.05) is 6.92 Å². The highest BCUT2D eigenvalue weighted by atomic mass is 32.1. The van der Waals surface area contributed by atoms with E-state index < -0.39 is 11.8 Å². The van der Waals surface area contributed by atoms with E-state index in [0.717, 1.165) is 6.42 Å². The third kappa shape index (κ3) is 3.36. The molecule has 1 aromatic heterocycles. The topological polar surface area (TPSA) is 53.5 Å². The first-order valence-corrected chi connectivity index (χ1v) is 8.65. The summed E-state index contributed by atoms with van der Waals surface area (Å²) >= 11 is 1.34. The molecule has 0 radical (unpaired) electrons. The van der Waals surface area contributed by atoms with Crippen molar-refractivity contribution in [2.24, 2.45) is 5.92 Å². The van der Waals surface area contributed by atoms with Crippen molar-refractivity contribution < 1.29 is 18.4 Å². The maximum atomic E-state index is 13.5. The molecule has 1 aromatic rings. The number of halogens is 2. The van der Waals surface area contributed by atoms with Gasteiger partial charge in [-0.15, -0.1) is 11.3 Å². The molecule has 0 bridgehead atoms. The fraction of sp³-hybridized carbons (Fsp3) is 0.667. The Labute approximate surface area is 137 Å². The van der Waals surface area contributed by atoms with Gasteiger partial charge in [0.25, 0.3) is 5.92 Å². The molecule has 2 saturated heterocycles. The van der Waals surface area contributed by atoms with Gasteiger partial charge in [0.1, 0.15) is 0 Å². The highest BCUT2D eigenvalue weighted by molar-refractivity contribution is 7.14. The predicted octanol–water partition coefficient (Wildman–Crippen LogP) is 2.32. The van der Waals surface area contributed by atoms with Crippen molar-refractivity contribution in [3.05, 3.63) is 11.1 Å². The molecule has 8 heteroatoms. The largest absolute Gasteiger partial charge is 0.342 e. The van der Waals surface area contributed by atoms with E-state index in [0.29, 0.717) is 23.8 Å². The maximum Gasteiger partial charge on any atom is 0.254 e. The van der Waals surface area contributed by atoms with Crippen LogP contribution in [0.3, 0.4) is 0 Å². The number of piperidine rings is 1. The second kappa shape index (κ2) is 6.14. The van der Waals surface area contributed by atoms with Crippen molar-refractivity contribution in [3.8, 4) is 0 Å². The van der Waals surface area contributed by atoms with E-state index in [1.165, 1.54) is 23.2 Å². The molecule has 2 fully saturated rings. The summed E-state index contributed by atoms with van der Waals surface area (Å²) < 4.78 is 27.0. The number of carbonyl (C=O) groups is 2. The second-order valence-corrected chi connectivity index (χ2v) is 7.04. The van der Waals surface area contributed by atoms with Gasteiger partial charge in [-0.25, -0.2) is 13.8 Å². The van der Waals surface area contributed by atoms with Gasteiger partial charge in [0.05, 0.1) is 12.1 Å². The van der Waals surface area contributed by atoms with Gasteiger partial charge in [-0.2, -0.15) is 0 Å². The van der Waals surface area contributed by atoms with E-state index in [2.05, 4.69) is 4.98 Å². The van der Waals surface area contributed by atoms with E-state index in [1.807, 2.05) is 0 Å². The molecular weight excluding hydrogens is 324 g/mol. The molecule has 0 spiro atoms. The number of thiazole rings is 1. The van der Waals surface area contributed by atoms with Gasteiger partial charge in [0, 0.05) is 43.8 Å². The lowest BCUT2D eigenvalue weighted by molar-refractivity contribution is -0.143. The minimum Gasteiger partial charge on any atom is -0.342 e. The smallest absolute Gasteiger partial charge is 0.254 e. The third-order valence-corrected chi connectivity index (χ3v) is 5.37. The minimum absolute atomic E-state index is 0.0595. The summed E-state index contributed by atoms with van der Waals surface area (Å²) in [6, 6.07) is 0. The van der Waals surface area contributed by atoms with Crippen LogP contribution in [-0.4, -0.2) is 47.3 Å². The number of anilines is 1. The third-order valence-electron chi connectivity index (χ3n) is 4.46. The zero-order chi connectivity index (χ0) is 16.6. The van der Waals surface area contributed by atoms with Crippen LogP contribution in [0.4, 0.5) is 13.9 Å². The van der Waals surface area contributed by atoms with E-state index in [1.54, 1.807) is 10.3 Å². The van der Waals surface area contributed by atoms with E-state index >= 15 is 0 Å². The molecule has 3 heterocycles. The predicted molar refractivity (Wildman–Crippen MR) is 82.7 cm³/mol. The Morgan fingerprint density at radius 1 is 1.48 bits per heavy atom. The van der Waals surface area contributed by atoms with Gasteiger partial charge >= 0.3 is 0 Å². The average Bonchev–Trinajstić information content (AvgIpc) is 3.10. The fourth-order valence-corrected chi connectivity index (χ4v) is 3.80. The standard InChI is InChI=1S/C15H19F2N3O2S/c1-10-8-19(6-4-15(10,16)17)13(22)7-11-9-23-14(18-11)20-5-2-3-12(20)21/h9-10H,2-8H2,1H3. The minimum atomic E-state index is -2.69. The molecule has 2 aliphatic rings. The second-order valence-electron chi connectivity index (χ2n) is 6.20. The van der Waals surface area contributed by atoms with Crippen molar-refractivity contribution in [1.82, 2.24) is 9.88 Å². The molecule has 126 valence electrons. The molecule has 23 heavy (non-hydrogen) atoms. The number of likely N-dealkylation sites (tertiary alicyclic amines) is 1. The van der Waals surface area contributed by atoms with Crippen molar-refractivity contribution in [2.75, 3.05) is 24.5 Å². The summed E-state index contributed by atoms with van der Waals surface area (Å²) in [4.78, 5) is 31.5. The van der Waals surface area contributed by atoms with Crippen molar-refractivity contribution in [1.29, 1.82) is 0 Å².